The Balaban J connectivity index is 1.91. The van der Waals surface area contributed by atoms with Crippen LogP contribution in [0.1, 0.15) is 22.3 Å². The Morgan fingerprint density at radius 2 is 2.00 bits per heavy atom. The molecule has 0 unspecified atom stereocenters. The second-order valence-corrected chi connectivity index (χ2v) is 4.92. The molecule has 0 saturated carbocycles. The molecule has 0 aliphatic heterocycles. The first-order valence-corrected chi connectivity index (χ1v) is 6.07. The summed E-state index contributed by atoms with van der Waals surface area (Å²) in [5.41, 5.74) is -0.0357. The molecule has 2 aliphatic carbocycles. The molecule has 1 aromatic rings. The highest BCUT2D eigenvalue weighted by molar-refractivity contribution is 6.09. The van der Waals surface area contributed by atoms with Crippen LogP contribution in [0.25, 0.3) is 0 Å². The monoisotopic (exact) mass is 264 g/mol. The van der Waals surface area contributed by atoms with E-state index in [1.807, 2.05) is 18.2 Å². The average molecular weight is 264 g/mol. The molecule has 0 radical (unpaired) electrons. The second-order valence-electron chi connectivity index (χ2n) is 4.92. The summed E-state index contributed by atoms with van der Waals surface area (Å²) in [6, 6.07) is 4.62. The Labute approximate surface area is 108 Å². The SMILES string of the molecule is O=C(C1=C[C@@H]2C=C[C@H]1C2)c1cccc(C(F)(F)F)c1. The van der Waals surface area contributed by atoms with Crippen LogP contribution in [0.5, 0.6) is 0 Å². The summed E-state index contributed by atoms with van der Waals surface area (Å²) in [5.74, 6) is 0.0599. The van der Waals surface area contributed by atoms with Crippen LogP contribution in [0.15, 0.2) is 48.1 Å². The van der Waals surface area contributed by atoms with E-state index in [1.54, 1.807) is 0 Å². The predicted molar refractivity (Wildman–Crippen MR) is 64.6 cm³/mol. The lowest BCUT2D eigenvalue weighted by atomic mass is 9.94. The lowest BCUT2D eigenvalue weighted by molar-refractivity contribution is -0.137. The molecule has 0 fully saturated rings. The van der Waals surface area contributed by atoms with Crippen molar-refractivity contribution in [3.63, 3.8) is 0 Å². The molecule has 0 amide bonds. The van der Waals surface area contributed by atoms with Crippen molar-refractivity contribution in [1.82, 2.24) is 0 Å². The van der Waals surface area contributed by atoms with Crippen LogP contribution >= 0.6 is 0 Å². The number of halogens is 3. The minimum absolute atomic E-state index is 0.0760. The minimum atomic E-state index is -4.42. The highest BCUT2D eigenvalue weighted by atomic mass is 19.4. The van der Waals surface area contributed by atoms with Crippen LogP contribution < -0.4 is 0 Å². The highest BCUT2D eigenvalue weighted by Gasteiger charge is 2.34. The smallest absolute Gasteiger partial charge is 0.289 e. The van der Waals surface area contributed by atoms with Gasteiger partial charge in [0.2, 0.25) is 0 Å². The van der Waals surface area contributed by atoms with E-state index in [0.717, 1.165) is 18.6 Å². The number of allylic oxidation sites excluding steroid dienone is 4. The summed E-state index contributed by atoms with van der Waals surface area (Å²) in [4.78, 5) is 12.2. The van der Waals surface area contributed by atoms with E-state index in [2.05, 4.69) is 0 Å². The van der Waals surface area contributed by atoms with Crippen molar-refractivity contribution in [3.05, 3.63) is 59.2 Å². The van der Waals surface area contributed by atoms with Gasteiger partial charge in [-0.25, -0.2) is 0 Å². The number of fused-ring (bicyclic) bond motifs is 2. The van der Waals surface area contributed by atoms with Crippen molar-refractivity contribution in [1.29, 1.82) is 0 Å². The van der Waals surface area contributed by atoms with Crippen LogP contribution in [0.2, 0.25) is 0 Å². The zero-order valence-electron chi connectivity index (χ0n) is 9.95. The van der Waals surface area contributed by atoms with Gasteiger partial charge in [0.15, 0.2) is 5.78 Å². The van der Waals surface area contributed by atoms with E-state index in [9.17, 15) is 18.0 Å². The second kappa shape index (κ2) is 4.08. The van der Waals surface area contributed by atoms with Crippen molar-refractivity contribution < 1.29 is 18.0 Å². The van der Waals surface area contributed by atoms with Gasteiger partial charge in [0.1, 0.15) is 0 Å². The van der Waals surface area contributed by atoms with Gasteiger partial charge in [-0.2, -0.15) is 13.2 Å². The number of benzene rings is 1. The van der Waals surface area contributed by atoms with Crippen LogP contribution in [0.4, 0.5) is 13.2 Å². The van der Waals surface area contributed by atoms with Gasteiger partial charge in [-0.15, -0.1) is 0 Å². The van der Waals surface area contributed by atoms with Crippen molar-refractivity contribution >= 4 is 5.78 Å². The fourth-order valence-electron chi connectivity index (χ4n) is 2.68. The van der Waals surface area contributed by atoms with Crippen LogP contribution in [-0.4, -0.2) is 5.78 Å². The van der Waals surface area contributed by atoms with Crippen LogP contribution in [-0.2, 0) is 6.18 Å². The molecule has 19 heavy (non-hydrogen) atoms. The number of carbonyl (C=O) groups is 1. The van der Waals surface area contributed by atoms with Crippen molar-refractivity contribution in [3.8, 4) is 0 Å². The molecule has 2 bridgehead atoms. The van der Waals surface area contributed by atoms with E-state index in [-0.39, 0.29) is 23.2 Å². The Morgan fingerprint density at radius 1 is 1.21 bits per heavy atom. The molecule has 0 N–H and O–H groups in total. The van der Waals surface area contributed by atoms with E-state index >= 15 is 0 Å². The molecule has 1 nitrogen and oxygen atoms in total. The first-order chi connectivity index (χ1) is 8.95. The Hall–Kier alpha value is -1.84. The number of ketones is 1. The quantitative estimate of drug-likeness (QED) is 0.582. The molecule has 2 atom stereocenters. The van der Waals surface area contributed by atoms with Gasteiger partial charge in [0.05, 0.1) is 5.56 Å². The molecule has 3 rings (SSSR count). The zero-order valence-corrected chi connectivity index (χ0v) is 9.95. The van der Waals surface area contributed by atoms with Crippen LogP contribution in [0, 0.1) is 11.8 Å². The molecule has 0 aromatic heterocycles. The van der Waals surface area contributed by atoms with Gasteiger partial charge in [0, 0.05) is 17.1 Å². The number of carbonyl (C=O) groups excluding carboxylic acids is 1. The summed E-state index contributed by atoms with van der Waals surface area (Å²) >= 11 is 0. The molecule has 4 heteroatoms. The minimum Gasteiger partial charge on any atom is -0.289 e. The van der Waals surface area contributed by atoms with E-state index in [1.165, 1.54) is 12.1 Å². The summed E-state index contributed by atoms with van der Waals surface area (Å²) in [6.07, 6.45) is 2.33. The van der Waals surface area contributed by atoms with Gasteiger partial charge in [-0.1, -0.05) is 30.4 Å². The Kier molecular flexibility index (Phi) is 2.62. The van der Waals surface area contributed by atoms with Crippen molar-refractivity contribution in [2.45, 2.75) is 12.6 Å². The molecule has 0 heterocycles. The number of hydrogen-bond acceptors (Lipinski definition) is 1. The largest absolute Gasteiger partial charge is 0.416 e. The van der Waals surface area contributed by atoms with Crippen molar-refractivity contribution in [2.75, 3.05) is 0 Å². The standard InChI is InChI=1S/C15H11F3O/c16-15(17,18)12-3-1-2-11(8-12)14(19)13-7-9-4-5-10(13)6-9/h1-5,7-10H,6H2/t9-,10+/m1/s1. The fraction of sp³-hybridized carbons (Fsp3) is 0.267. The van der Waals surface area contributed by atoms with E-state index < -0.39 is 11.7 Å². The number of rotatable bonds is 2. The van der Waals surface area contributed by atoms with Gasteiger partial charge >= 0.3 is 6.18 Å². The molecule has 98 valence electrons. The number of hydrogen-bond donors (Lipinski definition) is 0. The maximum absolute atomic E-state index is 12.6. The summed E-state index contributed by atoms with van der Waals surface area (Å²) in [7, 11) is 0. The van der Waals surface area contributed by atoms with Gasteiger partial charge in [-0.05, 0) is 24.5 Å². The Morgan fingerprint density at radius 3 is 2.58 bits per heavy atom. The topological polar surface area (TPSA) is 17.1 Å². The number of alkyl halides is 3. The van der Waals surface area contributed by atoms with E-state index in [4.69, 9.17) is 0 Å². The molecule has 0 saturated heterocycles. The summed E-state index contributed by atoms with van der Waals surface area (Å²) < 4.78 is 37.9. The zero-order chi connectivity index (χ0) is 13.6. The first-order valence-electron chi connectivity index (χ1n) is 6.07. The maximum atomic E-state index is 12.6. The third-order valence-corrected chi connectivity index (χ3v) is 3.62. The lowest BCUT2D eigenvalue weighted by Gasteiger charge is -2.11. The summed E-state index contributed by atoms with van der Waals surface area (Å²) in [5, 5.41) is 0. The van der Waals surface area contributed by atoms with Crippen LogP contribution in [0.3, 0.4) is 0 Å². The molecule has 0 spiro atoms. The van der Waals surface area contributed by atoms with Gasteiger partial charge < -0.3 is 0 Å². The Bertz CT molecular complexity index is 596. The average Bonchev–Trinajstić information content (AvgIpc) is 2.99. The highest BCUT2D eigenvalue weighted by Crippen LogP contribution is 2.40. The normalized spacial score (nSPS) is 24.7. The van der Waals surface area contributed by atoms with E-state index in [0.29, 0.717) is 5.57 Å². The number of Topliss-reactive ketones (excluding diaryl/α,β-unsaturated/α-hetero) is 1. The van der Waals surface area contributed by atoms with Crippen molar-refractivity contribution in [2.24, 2.45) is 11.8 Å². The van der Waals surface area contributed by atoms with Gasteiger partial charge in [-0.3, -0.25) is 4.79 Å². The first kappa shape index (κ1) is 12.2. The molecule has 2 aliphatic rings. The molecule has 1 aromatic carbocycles. The van der Waals surface area contributed by atoms with Gasteiger partial charge in [0.25, 0.3) is 0 Å². The summed E-state index contributed by atoms with van der Waals surface area (Å²) in [6.45, 7) is 0. The fourth-order valence-corrected chi connectivity index (χ4v) is 2.68. The predicted octanol–water partition coefficient (Wildman–Crippen LogP) is 4.02. The maximum Gasteiger partial charge on any atom is 0.416 e. The third kappa shape index (κ3) is 2.11. The molecular weight excluding hydrogens is 253 g/mol. The molecular formula is C15H11F3O. The lowest BCUT2D eigenvalue weighted by Crippen LogP contribution is -2.11. The third-order valence-electron chi connectivity index (χ3n) is 3.62.